The number of amides is 3. The van der Waals surface area contributed by atoms with Gasteiger partial charge in [0.25, 0.3) is 0 Å². The zero-order valence-electron chi connectivity index (χ0n) is 14.2. The molecule has 0 saturated carbocycles. The molecule has 0 aliphatic carbocycles. The van der Waals surface area contributed by atoms with E-state index in [9.17, 15) is 9.59 Å². The van der Waals surface area contributed by atoms with Gasteiger partial charge in [0.1, 0.15) is 5.69 Å². The summed E-state index contributed by atoms with van der Waals surface area (Å²) >= 11 is 0. The highest BCUT2D eigenvalue weighted by atomic mass is 16.5. The molecule has 7 nitrogen and oxygen atoms in total. The highest BCUT2D eigenvalue weighted by Crippen LogP contribution is 2.18. The monoisotopic (exact) mass is 342 g/mol. The maximum Gasteiger partial charge on any atom is 0.315 e. The summed E-state index contributed by atoms with van der Waals surface area (Å²) in [4.78, 5) is 25.4. The predicted octanol–water partition coefficient (Wildman–Crippen LogP) is 2.15. The van der Waals surface area contributed by atoms with Gasteiger partial charge in [-0.3, -0.25) is 4.79 Å². The van der Waals surface area contributed by atoms with Crippen molar-refractivity contribution < 1.29 is 14.1 Å². The highest BCUT2D eigenvalue weighted by Gasteiger charge is 2.22. The summed E-state index contributed by atoms with van der Waals surface area (Å²) in [7, 11) is 0. The average molecular weight is 342 g/mol. The minimum Gasteiger partial charge on any atom is -0.359 e. The van der Waals surface area contributed by atoms with E-state index in [-0.39, 0.29) is 24.5 Å². The number of aromatic nitrogens is 1. The predicted molar refractivity (Wildman–Crippen MR) is 92.6 cm³/mol. The Bertz CT molecular complexity index is 729. The first-order valence-electron chi connectivity index (χ1n) is 8.45. The first-order valence-corrected chi connectivity index (χ1v) is 8.45. The van der Waals surface area contributed by atoms with Crippen molar-refractivity contribution in [1.29, 1.82) is 0 Å². The Morgan fingerprint density at radius 2 is 2.16 bits per heavy atom. The van der Waals surface area contributed by atoms with Crippen LogP contribution in [0.5, 0.6) is 0 Å². The number of hydrogen-bond acceptors (Lipinski definition) is 4. The van der Waals surface area contributed by atoms with Gasteiger partial charge in [-0.05, 0) is 13.3 Å². The lowest BCUT2D eigenvalue weighted by molar-refractivity contribution is -0.127. The van der Waals surface area contributed by atoms with Crippen LogP contribution in [-0.4, -0.2) is 41.1 Å². The molecule has 0 radical (unpaired) electrons. The number of nitrogens with zero attached hydrogens (tertiary/aromatic N) is 2. The minimum absolute atomic E-state index is 0.114. The summed E-state index contributed by atoms with van der Waals surface area (Å²) in [6.45, 7) is 3.44. The van der Waals surface area contributed by atoms with Gasteiger partial charge in [0.05, 0.1) is 6.54 Å². The van der Waals surface area contributed by atoms with E-state index in [1.165, 1.54) is 0 Å². The van der Waals surface area contributed by atoms with Gasteiger partial charge >= 0.3 is 6.03 Å². The van der Waals surface area contributed by atoms with Gasteiger partial charge in [-0.1, -0.05) is 35.5 Å². The summed E-state index contributed by atoms with van der Waals surface area (Å²) in [5.74, 6) is 0.737. The van der Waals surface area contributed by atoms with Gasteiger partial charge in [-0.15, -0.1) is 0 Å². The number of urea groups is 1. The van der Waals surface area contributed by atoms with Crippen molar-refractivity contribution in [2.75, 3.05) is 13.1 Å². The SMILES string of the molecule is C[C@H](CN1CCCC1=O)NC(=O)NCc1cc(-c2ccccc2)no1. The smallest absolute Gasteiger partial charge is 0.315 e. The van der Waals surface area contributed by atoms with Gasteiger partial charge in [0.15, 0.2) is 5.76 Å². The number of hydrogen-bond donors (Lipinski definition) is 2. The molecular weight excluding hydrogens is 320 g/mol. The molecule has 132 valence electrons. The number of benzene rings is 1. The molecule has 1 saturated heterocycles. The molecule has 2 N–H and O–H groups in total. The molecule has 0 bridgehead atoms. The van der Waals surface area contributed by atoms with Crippen molar-refractivity contribution in [3.63, 3.8) is 0 Å². The third-order valence-electron chi connectivity index (χ3n) is 4.09. The Kier molecular flexibility index (Phi) is 5.33. The quantitative estimate of drug-likeness (QED) is 0.842. The van der Waals surface area contributed by atoms with Crippen LogP contribution in [0.1, 0.15) is 25.5 Å². The van der Waals surface area contributed by atoms with E-state index in [4.69, 9.17) is 4.52 Å². The van der Waals surface area contributed by atoms with Gasteiger partial charge in [-0.2, -0.15) is 0 Å². The second-order valence-corrected chi connectivity index (χ2v) is 6.22. The van der Waals surface area contributed by atoms with Crippen LogP contribution in [0.25, 0.3) is 11.3 Å². The van der Waals surface area contributed by atoms with Crippen molar-refractivity contribution in [2.45, 2.75) is 32.4 Å². The van der Waals surface area contributed by atoms with E-state index in [2.05, 4.69) is 15.8 Å². The van der Waals surface area contributed by atoms with E-state index in [1.807, 2.05) is 43.3 Å². The molecule has 7 heteroatoms. The van der Waals surface area contributed by atoms with Gasteiger partial charge in [0.2, 0.25) is 5.91 Å². The number of likely N-dealkylation sites (tertiary alicyclic amines) is 1. The Morgan fingerprint density at radius 3 is 2.88 bits per heavy atom. The average Bonchev–Trinajstić information content (AvgIpc) is 3.23. The first kappa shape index (κ1) is 17.0. The molecule has 3 amide bonds. The Balaban J connectivity index is 1.44. The fourth-order valence-electron chi connectivity index (χ4n) is 2.86. The number of rotatable bonds is 6. The molecule has 1 atom stereocenters. The second-order valence-electron chi connectivity index (χ2n) is 6.22. The van der Waals surface area contributed by atoms with E-state index in [1.54, 1.807) is 4.90 Å². The Hall–Kier alpha value is -2.83. The maximum absolute atomic E-state index is 12.0. The first-order chi connectivity index (χ1) is 12.1. The van der Waals surface area contributed by atoms with E-state index < -0.39 is 0 Å². The minimum atomic E-state index is -0.295. The van der Waals surface area contributed by atoms with Crippen LogP contribution in [0, 0.1) is 0 Å². The number of carbonyl (C=O) groups excluding carboxylic acids is 2. The molecule has 2 aromatic rings. The fraction of sp³-hybridized carbons (Fsp3) is 0.389. The normalized spacial score (nSPS) is 15.2. The summed E-state index contributed by atoms with van der Waals surface area (Å²) in [5.41, 5.74) is 1.70. The largest absolute Gasteiger partial charge is 0.359 e. The van der Waals surface area contributed by atoms with Crippen LogP contribution in [0.15, 0.2) is 40.9 Å². The molecule has 1 aromatic heterocycles. The number of nitrogens with one attached hydrogen (secondary N) is 2. The molecular formula is C18H22N4O3. The second kappa shape index (κ2) is 7.83. The lowest BCUT2D eigenvalue weighted by Gasteiger charge is -2.21. The van der Waals surface area contributed by atoms with Gasteiger partial charge in [0, 0.05) is 37.2 Å². The van der Waals surface area contributed by atoms with Crippen molar-refractivity contribution in [3.8, 4) is 11.3 Å². The zero-order chi connectivity index (χ0) is 17.6. The fourth-order valence-corrected chi connectivity index (χ4v) is 2.86. The van der Waals surface area contributed by atoms with Crippen molar-refractivity contribution in [3.05, 3.63) is 42.2 Å². The molecule has 1 fully saturated rings. The standard InChI is InChI=1S/C18H22N4O3/c1-13(12-22-9-5-8-17(22)23)20-18(24)19-11-15-10-16(21-25-15)14-6-3-2-4-7-14/h2-4,6-7,10,13H,5,8-9,11-12H2,1H3,(H2,19,20,24)/t13-/m1/s1. The summed E-state index contributed by atoms with van der Waals surface area (Å²) < 4.78 is 5.25. The molecule has 3 rings (SSSR count). The summed E-state index contributed by atoms with van der Waals surface area (Å²) in [6.07, 6.45) is 1.50. The maximum atomic E-state index is 12.0. The summed E-state index contributed by atoms with van der Waals surface area (Å²) in [6, 6.07) is 11.1. The highest BCUT2D eigenvalue weighted by molar-refractivity contribution is 5.78. The topological polar surface area (TPSA) is 87.5 Å². The van der Waals surface area contributed by atoms with Gasteiger partial charge in [-0.25, -0.2) is 4.79 Å². The van der Waals surface area contributed by atoms with Crippen LogP contribution in [0.3, 0.4) is 0 Å². The van der Waals surface area contributed by atoms with E-state index in [0.29, 0.717) is 18.7 Å². The van der Waals surface area contributed by atoms with Crippen LogP contribution >= 0.6 is 0 Å². The van der Waals surface area contributed by atoms with Crippen LogP contribution in [0.2, 0.25) is 0 Å². The Labute approximate surface area is 146 Å². The van der Waals surface area contributed by atoms with Crippen LogP contribution < -0.4 is 10.6 Å². The van der Waals surface area contributed by atoms with Crippen molar-refractivity contribution >= 4 is 11.9 Å². The van der Waals surface area contributed by atoms with Crippen LogP contribution in [-0.2, 0) is 11.3 Å². The van der Waals surface area contributed by atoms with E-state index in [0.717, 1.165) is 24.2 Å². The van der Waals surface area contributed by atoms with E-state index >= 15 is 0 Å². The van der Waals surface area contributed by atoms with Crippen LogP contribution in [0.4, 0.5) is 4.79 Å². The molecule has 2 heterocycles. The lowest BCUT2D eigenvalue weighted by atomic mass is 10.1. The third-order valence-corrected chi connectivity index (χ3v) is 4.09. The zero-order valence-corrected chi connectivity index (χ0v) is 14.2. The molecule has 0 unspecified atom stereocenters. The third kappa shape index (κ3) is 4.59. The summed E-state index contributed by atoms with van der Waals surface area (Å²) in [5, 5.41) is 9.58. The molecule has 1 aliphatic heterocycles. The number of carbonyl (C=O) groups is 2. The van der Waals surface area contributed by atoms with Crippen molar-refractivity contribution in [1.82, 2.24) is 20.7 Å². The molecule has 1 aromatic carbocycles. The molecule has 25 heavy (non-hydrogen) atoms. The molecule has 0 spiro atoms. The Morgan fingerprint density at radius 1 is 1.36 bits per heavy atom. The molecule has 1 aliphatic rings. The lowest BCUT2D eigenvalue weighted by Crippen LogP contribution is -2.46. The van der Waals surface area contributed by atoms with Crippen molar-refractivity contribution in [2.24, 2.45) is 0 Å². The van der Waals surface area contributed by atoms with Gasteiger partial charge < -0.3 is 20.1 Å².